The van der Waals surface area contributed by atoms with Gasteiger partial charge < -0.3 is 5.11 Å². The molecule has 0 aromatic heterocycles. The number of hydrogen-bond donors (Lipinski definition) is 1. The van der Waals surface area contributed by atoms with Crippen molar-refractivity contribution >= 4 is 28.9 Å². The topological polar surface area (TPSA) is 63.4 Å². The van der Waals surface area contributed by atoms with E-state index >= 15 is 0 Å². The maximum Gasteiger partial charge on any atom is 0.271 e. The summed E-state index contributed by atoms with van der Waals surface area (Å²) in [6.07, 6.45) is 0. The van der Waals surface area contributed by atoms with Crippen molar-refractivity contribution in [1.82, 2.24) is 0 Å². The SMILES string of the molecule is CCO.O=[N+]([O-])c1ccc(Cl)c(Cl)c1. The Morgan fingerprint density at radius 2 is 1.93 bits per heavy atom. The van der Waals surface area contributed by atoms with Gasteiger partial charge in [-0.25, -0.2) is 0 Å². The molecule has 0 spiro atoms. The Morgan fingerprint density at radius 1 is 1.43 bits per heavy atom. The molecular weight excluding hydrogens is 229 g/mol. The number of nitro groups is 1. The van der Waals surface area contributed by atoms with E-state index in [2.05, 4.69) is 0 Å². The summed E-state index contributed by atoms with van der Waals surface area (Å²) in [7, 11) is 0. The highest BCUT2D eigenvalue weighted by Crippen LogP contribution is 2.25. The fourth-order valence-corrected chi connectivity index (χ4v) is 0.891. The van der Waals surface area contributed by atoms with E-state index in [0.29, 0.717) is 5.02 Å². The van der Waals surface area contributed by atoms with Crippen molar-refractivity contribution in [3.8, 4) is 0 Å². The molecule has 0 saturated heterocycles. The van der Waals surface area contributed by atoms with E-state index in [1.165, 1.54) is 18.2 Å². The molecule has 0 radical (unpaired) electrons. The van der Waals surface area contributed by atoms with Crippen LogP contribution in [0.4, 0.5) is 5.69 Å². The van der Waals surface area contributed by atoms with E-state index in [9.17, 15) is 10.1 Å². The van der Waals surface area contributed by atoms with Crippen LogP contribution in [-0.4, -0.2) is 16.6 Å². The number of aliphatic hydroxyl groups excluding tert-OH is 1. The third-order valence-electron chi connectivity index (χ3n) is 1.11. The first-order valence-corrected chi connectivity index (χ1v) is 4.48. The fourth-order valence-electron chi connectivity index (χ4n) is 0.599. The summed E-state index contributed by atoms with van der Waals surface area (Å²) in [5, 5.41) is 18.2. The summed E-state index contributed by atoms with van der Waals surface area (Å²) in [5.74, 6) is 0. The van der Waals surface area contributed by atoms with Crippen molar-refractivity contribution in [2.75, 3.05) is 6.61 Å². The van der Waals surface area contributed by atoms with Gasteiger partial charge in [0.1, 0.15) is 0 Å². The Kier molecular flexibility index (Phi) is 6.19. The van der Waals surface area contributed by atoms with E-state index in [-0.39, 0.29) is 17.3 Å². The van der Waals surface area contributed by atoms with E-state index in [1.807, 2.05) is 0 Å². The van der Waals surface area contributed by atoms with Crippen LogP contribution in [0, 0.1) is 10.1 Å². The molecular formula is C8H9Cl2NO3. The Hall–Kier alpha value is -0.840. The molecule has 0 aliphatic heterocycles. The number of non-ortho nitro benzene ring substituents is 1. The second kappa shape index (κ2) is 6.59. The van der Waals surface area contributed by atoms with E-state index < -0.39 is 4.92 Å². The smallest absolute Gasteiger partial charge is 0.271 e. The summed E-state index contributed by atoms with van der Waals surface area (Å²) in [4.78, 5) is 9.64. The third-order valence-corrected chi connectivity index (χ3v) is 1.85. The van der Waals surface area contributed by atoms with Gasteiger partial charge in [-0.05, 0) is 13.0 Å². The first kappa shape index (κ1) is 13.2. The van der Waals surface area contributed by atoms with Gasteiger partial charge in [0.15, 0.2) is 0 Å². The monoisotopic (exact) mass is 237 g/mol. The van der Waals surface area contributed by atoms with Gasteiger partial charge in [-0.2, -0.15) is 0 Å². The normalized spacial score (nSPS) is 8.86. The highest BCUT2D eigenvalue weighted by molar-refractivity contribution is 6.42. The molecule has 0 aliphatic carbocycles. The molecule has 6 heteroatoms. The molecule has 0 atom stereocenters. The first-order valence-electron chi connectivity index (χ1n) is 3.73. The molecule has 0 saturated carbocycles. The van der Waals surface area contributed by atoms with Crippen LogP contribution in [-0.2, 0) is 0 Å². The van der Waals surface area contributed by atoms with Crippen LogP contribution >= 0.6 is 23.2 Å². The van der Waals surface area contributed by atoms with Crippen LogP contribution in [0.25, 0.3) is 0 Å². The minimum absolute atomic E-state index is 0.0561. The standard InChI is InChI=1S/C6H3Cl2NO2.C2H6O/c7-5-2-1-4(9(10)11)3-6(5)8;1-2-3/h1-3H;3H,2H2,1H3. The number of rotatable bonds is 1. The Balaban J connectivity index is 0.000000500. The van der Waals surface area contributed by atoms with Gasteiger partial charge in [-0.1, -0.05) is 23.2 Å². The maximum atomic E-state index is 10.2. The average Bonchev–Trinajstić information content (AvgIpc) is 2.10. The van der Waals surface area contributed by atoms with Crippen LogP contribution in [0.5, 0.6) is 0 Å². The fraction of sp³-hybridized carbons (Fsp3) is 0.250. The molecule has 0 aliphatic rings. The summed E-state index contributed by atoms with van der Waals surface area (Å²) in [6, 6.07) is 3.90. The first-order chi connectivity index (χ1) is 6.52. The van der Waals surface area contributed by atoms with Gasteiger partial charge in [-0.3, -0.25) is 10.1 Å². The molecule has 1 aromatic carbocycles. The maximum absolute atomic E-state index is 10.2. The molecule has 14 heavy (non-hydrogen) atoms. The lowest BCUT2D eigenvalue weighted by Crippen LogP contribution is -1.86. The molecule has 1 rings (SSSR count). The minimum atomic E-state index is -0.526. The molecule has 4 nitrogen and oxygen atoms in total. The summed E-state index contributed by atoms with van der Waals surface area (Å²) < 4.78 is 0. The molecule has 0 unspecified atom stereocenters. The number of nitrogens with zero attached hydrogens (tertiary/aromatic N) is 1. The van der Waals surface area contributed by atoms with E-state index in [4.69, 9.17) is 28.3 Å². The van der Waals surface area contributed by atoms with Crippen LogP contribution in [0.3, 0.4) is 0 Å². The Bertz CT molecular complexity index is 317. The summed E-state index contributed by atoms with van der Waals surface area (Å²) >= 11 is 11.1. The number of benzene rings is 1. The zero-order chi connectivity index (χ0) is 11.1. The average molecular weight is 238 g/mol. The van der Waals surface area contributed by atoms with Crippen LogP contribution in [0.2, 0.25) is 10.0 Å². The Morgan fingerprint density at radius 3 is 2.29 bits per heavy atom. The molecule has 0 bridgehead atoms. The zero-order valence-electron chi connectivity index (χ0n) is 7.41. The second-order valence-corrected chi connectivity index (χ2v) is 2.99. The number of halogens is 2. The molecule has 0 heterocycles. The van der Waals surface area contributed by atoms with Crippen molar-refractivity contribution in [2.45, 2.75) is 6.92 Å². The quantitative estimate of drug-likeness (QED) is 0.604. The third kappa shape index (κ3) is 4.41. The van der Waals surface area contributed by atoms with Crippen molar-refractivity contribution in [3.63, 3.8) is 0 Å². The van der Waals surface area contributed by atoms with Gasteiger partial charge in [0.25, 0.3) is 5.69 Å². The van der Waals surface area contributed by atoms with Crippen molar-refractivity contribution in [3.05, 3.63) is 38.4 Å². The number of nitro benzene ring substituents is 1. The predicted octanol–water partition coefficient (Wildman–Crippen LogP) is 2.90. The predicted molar refractivity (Wildman–Crippen MR) is 55.9 cm³/mol. The lowest BCUT2D eigenvalue weighted by atomic mass is 10.3. The van der Waals surface area contributed by atoms with E-state index in [0.717, 1.165) is 0 Å². The second-order valence-electron chi connectivity index (χ2n) is 2.17. The molecule has 78 valence electrons. The van der Waals surface area contributed by atoms with Crippen LogP contribution in [0.15, 0.2) is 18.2 Å². The largest absolute Gasteiger partial charge is 0.397 e. The van der Waals surface area contributed by atoms with Crippen LogP contribution in [0.1, 0.15) is 6.92 Å². The minimum Gasteiger partial charge on any atom is -0.397 e. The van der Waals surface area contributed by atoms with Crippen molar-refractivity contribution < 1.29 is 10.0 Å². The highest BCUT2D eigenvalue weighted by atomic mass is 35.5. The highest BCUT2D eigenvalue weighted by Gasteiger charge is 2.06. The van der Waals surface area contributed by atoms with Crippen LogP contribution < -0.4 is 0 Å². The molecule has 0 fully saturated rings. The van der Waals surface area contributed by atoms with Crippen molar-refractivity contribution in [2.24, 2.45) is 0 Å². The van der Waals surface area contributed by atoms with E-state index in [1.54, 1.807) is 6.92 Å². The molecule has 1 N–H and O–H groups in total. The lowest BCUT2D eigenvalue weighted by Gasteiger charge is -1.93. The van der Waals surface area contributed by atoms with Gasteiger partial charge >= 0.3 is 0 Å². The van der Waals surface area contributed by atoms with Crippen molar-refractivity contribution in [1.29, 1.82) is 0 Å². The zero-order valence-corrected chi connectivity index (χ0v) is 8.92. The summed E-state index contributed by atoms with van der Waals surface area (Å²) in [5.41, 5.74) is -0.0561. The van der Waals surface area contributed by atoms with Gasteiger partial charge in [0.05, 0.1) is 15.0 Å². The molecule has 0 amide bonds. The number of aliphatic hydroxyl groups is 1. The summed E-state index contributed by atoms with van der Waals surface area (Å²) in [6.45, 7) is 1.93. The Labute approximate surface area is 91.2 Å². The number of hydrogen-bond acceptors (Lipinski definition) is 3. The van der Waals surface area contributed by atoms with Gasteiger partial charge in [-0.15, -0.1) is 0 Å². The van der Waals surface area contributed by atoms with Gasteiger partial charge in [0, 0.05) is 18.7 Å². The molecule has 1 aromatic rings. The lowest BCUT2D eigenvalue weighted by molar-refractivity contribution is -0.384. The van der Waals surface area contributed by atoms with Gasteiger partial charge in [0.2, 0.25) is 0 Å².